The van der Waals surface area contributed by atoms with Crippen molar-refractivity contribution in [3.8, 4) is 0 Å². The summed E-state index contributed by atoms with van der Waals surface area (Å²) in [6.45, 7) is 2.17. The van der Waals surface area contributed by atoms with E-state index in [-0.39, 0.29) is 0 Å². The molecule has 0 aliphatic carbocycles. The van der Waals surface area contributed by atoms with Gasteiger partial charge in [0.05, 0.1) is 0 Å². The van der Waals surface area contributed by atoms with Crippen molar-refractivity contribution in [3.05, 3.63) is 60.8 Å². The summed E-state index contributed by atoms with van der Waals surface area (Å²) in [5.41, 5.74) is 0. The summed E-state index contributed by atoms with van der Waals surface area (Å²) in [5.74, 6) is -0.658. The summed E-state index contributed by atoms with van der Waals surface area (Å²) >= 11 is 0. The van der Waals surface area contributed by atoms with E-state index in [1.807, 2.05) is 0 Å². The van der Waals surface area contributed by atoms with Crippen LogP contribution < -0.4 is 0 Å². The van der Waals surface area contributed by atoms with Crippen molar-refractivity contribution in [1.82, 2.24) is 0 Å². The van der Waals surface area contributed by atoms with Gasteiger partial charge in [0.2, 0.25) is 0 Å². The molecule has 0 aromatic heterocycles. The van der Waals surface area contributed by atoms with Gasteiger partial charge in [-0.15, -0.1) is 0 Å². The van der Waals surface area contributed by atoms with E-state index < -0.39 is 5.97 Å². The Morgan fingerprint density at radius 1 is 0.471 bits per heavy atom. The molecule has 0 atom stereocenters. The highest BCUT2D eigenvalue weighted by Gasteiger charge is 1.97. The van der Waals surface area contributed by atoms with E-state index in [0.29, 0.717) is 6.42 Å². The van der Waals surface area contributed by atoms with Crippen molar-refractivity contribution in [2.24, 2.45) is 0 Å². The molecule has 0 heterocycles. The molecule has 0 unspecified atom stereocenters. The minimum atomic E-state index is -0.658. The zero-order valence-electron chi connectivity index (χ0n) is 22.3. The molecule has 0 saturated heterocycles. The van der Waals surface area contributed by atoms with E-state index >= 15 is 0 Å². The highest BCUT2D eigenvalue weighted by atomic mass is 16.4. The molecule has 0 aliphatic heterocycles. The van der Waals surface area contributed by atoms with Crippen molar-refractivity contribution in [3.63, 3.8) is 0 Å². The molecular weight excluding hydrogens is 416 g/mol. The fourth-order valence-electron chi connectivity index (χ4n) is 3.85. The zero-order valence-corrected chi connectivity index (χ0v) is 22.3. The number of allylic oxidation sites excluding steroid dienone is 10. The Kier molecular flexibility index (Phi) is 27.6. The Morgan fingerprint density at radius 3 is 1.18 bits per heavy atom. The molecule has 0 spiro atoms. The third kappa shape index (κ3) is 30.2. The highest BCUT2D eigenvalue weighted by molar-refractivity contribution is 5.66. The number of rotatable bonds is 25. The van der Waals surface area contributed by atoms with Crippen LogP contribution in [0.4, 0.5) is 0 Å². The summed E-state index contributed by atoms with van der Waals surface area (Å²) in [5, 5.41) is 8.61. The molecule has 0 bridgehead atoms. The van der Waals surface area contributed by atoms with Crippen molar-refractivity contribution >= 4 is 5.97 Å². The van der Waals surface area contributed by atoms with Gasteiger partial charge in [-0.2, -0.15) is 0 Å². The maximum atomic E-state index is 10.4. The van der Waals surface area contributed by atoms with E-state index in [1.54, 1.807) is 0 Å². The molecule has 1 N–H and O–H groups in total. The van der Waals surface area contributed by atoms with E-state index in [2.05, 4.69) is 67.7 Å². The van der Waals surface area contributed by atoms with E-state index in [1.165, 1.54) is 77.0 Å². The van der Waals surface area contributed by atoms with Crippen molar-refractivity contribution in [2.45, 2.75) is 135 Å². The molecule has 194 valence electrons. The lowest BCUT2D eigenvalue weighted by molar-refractivity contribution is -0.137. The lowest BCUT2D eigenvalue weighted by Gasteiger charge is -2.03. The SMILES string of the molecule is CC/C=C\C/C=C\C/C=C\C/C=C\C/C=C\CCCCCCCCCCCCCCCC(=O)O. The van der Waals surface area contributed by atoms with Gasteiger partial charge in [-0.1, -0.05) is 138 Å². The highest BCUT2D eigenvalue weighted by Crippen LogP contribution is 2.13. The third-order valence-corrected chi connectivity index (χ3v) is 5.92. The summed E-state index contributed by atoms with van der Waals surface area (Å²) in [7, 11) is 0. The number of carboxylic acid groups (broad SMARTS) is 1. The Balaban J connectivity index is 3.27. The predicted molar refractivity (Wildman–Crippen MR) is 151 cm³/mol. The second kappa shape index (κ2) is 29.2. The molecule has 2 nitrogen and oxygen atoms in total. The molecule has 0 rings (SSSR count). The molecule has 34 heavy (non-hydrogen) atoms. The van der Waals surface area contributed by atoms with Gasteiger partial charge in [-0.25, -0.2) is 0 Å². The fraction of sp³-hybridized carbons (Fsp3) is 0.656. The summed E-state index contributed by atoms with van der Waals surface area (Å²) in [6.07, 6.45) is 46.1. The number of unbranched alkanes of at least 4 members (excludes halogenated alkanes) is 13. The maximum Gasteiger partial charge on any atom is 0.303 e. The minimum absolute atomic E-state index is 0.336. The Labute approximate surface area is 212 Å². The van der Waals surface area contributed by atoms with Crippen LogP contribution in [0.15, 0.2) is 60.8 Å². The van der Waals surface area contributed by atoms with Crippen molar-refractivity contribution < 1.29 is 9.90 Å². The van der Waals surface area contributed by atoms with Crippen LogP contribution in [0.5, 0.6) is 0 Å². The number of aliphatic carboxylic acids is 1. The van der Waals surface area contributed by atoms with Gasteiger partial charge >= 0.3 is 5.97 Å². The monoisotopic (exact) mass is 470 g/mol. The number of carboxylic acids is 1. The minimum Gasteiger partial charge on any atom is -0.481 e. The normalized spacial score (nSPS) is 12.5. The molecule has 0 saturated carbocycles. The Bertz CT molecular complexity index is 566. The fourth-order valence-corrected chi connectivity index (χ4v) is 3.85. The average Bonchev–Trinajstić information content (AvgIpc) is 2.83. The van der Waals surface area contributed by atoms with Crippen molar-refractivity contribution in [1.29, 1.82) is 0 Å². The molecule has 2 heteroatoms. The molecule has 0 aromatic carbocycles. The molecule has 0 aliphatic rings. The molecule has 0 aromatic rings. The quantitative estimate of drug-likeness (QED) is 0.106. The number of hydrogen-bond donors (Lipinski definition) is 1. The average molecular weight is 471 g/mol. The van der Waals surface area contributed by atoms with Gasteiger partial charge in [-0.05, 0) is 51.4 Å². The van der Waals surface area contributed by atoms with Crippen LogP contribution in [-0.2, 0) is 4.79 Å². The van der Waals surface area contributed by atoms with Gasteiger partial charge in [0.25, 0.3) is 0 Å². The topological polar surface area (TPSA) is 37.3 Å². The van der Waals surface area contributed by atoms with Crippen molar-refractivity contribution in [2.75, 3.05) is 0 Å². The number of carbonyl (C=O) groups is 1. The maximum absolute atomic E-state index is 10.4. The summed E-state index contributed by atoms with van der Waals surface area (Å²) in [4.78, 5) is 10.4. The van der Waals surface area contributed by atoms with Crippen LogP contribution in [0.1, 0.15) is 135 Å². The molecule has 0 fully saturated rings. The van der Waals surface area contributed by atoms with Crippen LogP contribution in [-0.4, -0.2) is 11.1 Å². The van der Waals surface area contributed by atoms with Gasteiger partial charge < -0.3 is 5.11 Å². The molecular formula is C32H54O2. The summed E-state index contributed by atoms with van der Waals surface area (Å²) in [6, 6.07) is 0. The van der Waals surface area contributed by atoms with Gasteiger partial charge in [0.15, 0.2) is 0 Å². The van der Waals surface area contributed by atoms with Gasteiger partial charge in [-0.3, -0.25) is 4.79 Å². The van der Waals surface area contributed by atoms with Crippen LogP contribution in [0.3, 0.4) is 0 Å². The second-order valence-corrected chi connectivity index (χ2v) is 9.24. The zero-order chi connectivity index (χ0) is 24.8. The van der Waals surface area contributed by atoms with E-state index in [4.69, 9.17) is 5.11 Å². The first kappa shape index (κ1) is 32.2. The first-order valence-electron chi connectivity index (χ1n) is 14.2. The lowest BCUT2D eigenvalue weighted by Crippen LogP contribution is -1.93. The largest absolute Gasteiger partial charge is 0.481 e. The summed E-state index contributed by atoms with van der Waals surface area (Å²) < 4.78 is 0. The van der Waals surface area contributed by atoms with Crippen LogP contribution in [0, 0.1) is 0 Å². The van der Waals surface area contributed by atoms with Crippen LogP contribution >= 0.6 is 0 Å². The van der Waals surface area contributed by atoms with Crippen LogP contribution in [0.2, 0.25) is 0 Å². The Morgan fingerprint density at radius 2 is 0.794 bits per heavy atom. The van der Waals surface area contributed by atoms with E-state index in [0.717, 1.165) is 44.9 Å². The van der Waals surface area contributed by atoms with Crippen LogP contribution in [0.25, 0.3) is 0 Å². The standard InChI is InChI=1S/C32H54O2/c1-2-3-4-5-6-7-8-9-10-11-12-13-14-15-16-17-18-19-20-21-22-23-24-25-26-27-28-29-30-31-32(33)34/h3-4,6-7,9-10,12-13,15-16H,2,5,8,11,14,17-31H2,1H3,(H,33,34)/b4-3-,7-6-,10-9-,13-12-,16-15-. The molecule has 0 radical (unpaired) electrons. The van der Waals surface area contributed by atoms with Gasteiger partial charge in [0.1, 0.15) is 0 Å². The lowest BCUT2D eigenvalue weighted by atomic mass is 10.0. The second-order valence-electron chi connectivity index (χ2n) is 9.24. The molecule has 0 amide bonds. The van der Waals surface area contributed by atoms with E-state index in [9.17, 15) is 4.79 Å². The first-order chi connectivity index (χ1) is 16.8. The van der Waals surface area contributed by atoms with Gasteiger partial charge in [0, 0.05) is 6.42 Å². The predicted octanol–water partition coefficient (Wildman–Crippen LogP) is 10.7. The smallest absolute Gasteiger partial charge is 0.303 e. The third-order valence-electron chi connectivity index (χ3n) is 5.92. The number of hydrogen-bond acceptors (Lipinski definition) is 1. The first-order valence-corrected chi connectivity index (χ1v) is 14.2. The Hall–Kier alpha value is -1.83.